The standard InChI is InChI=1S/C18H22N4O3/c1-12(2)19-17(23)14-11-13-16(21(14)9-6-10-25-3)20-15-7-4-5-8-22(15)18(13)24/h4-5,7-8,11-12H,6,9-10H2,1-3H3,(H,19,23). The summed E-state index contributed by atoms with van der Waals surface area (Å²) in [6.07, 6.45) is 2.40. The Morgan fingerprint density at radius 2 is 2.16 bits per heavy atom. The molecular weight excluding hydrogens is 320 g/mol. The van der Waals surface area contributed by atoms with Crippen molar-refractivity contribution in [3.05, 3.63) is 46.5 Å². The molecule has 0 unspecified atom stereocenters. The summed E-state index contributed by atoms with van der Waals surface area (Å²) >= 11 is 0. The Morgan fingerprint density at radius 3 is 2.88 bits per heavy atom. The Balaban J connectivity index is 2.21. The first-order valence-corrected chi connectivity index (χ1v) is 8.33. The molecule has 0 radical (unpaired) electrons. The normalized spacial score (nSPS) is 11.5. The topological polar surface area (TPSA) is 77.6 Å². The zero-order valence-corrected chi connectivity index (χ0v) is 14.7. The lowest BCUT2D eigenvalue weighted by molar-refractivity contribution is 0.0933. The molecule has 0 aromatic carbocycles. The fourth-order valence-corrected chi connectivity index (χ4v) is 2.87. The van der Waals surface area contributed by atoms with Crippen LogP contribution in [-0.2, 0) is 11.3 Å². The van der Waals surface area contributed by atoms with Gasteiger partial charge < -0.3 is 14.6 Å². The minimum atomic E-state index is -0.209. The van der Waals surface area contributed by atoms with E-state index < -0.39 is 0 Å². The largest absolute Gasteiger partial charge is 0.385 e. The molecule has 0 saturated heterocycles. The van der Waals surface area contributed by atoms with Gasteiger partial charge in [0.15, 0.2) is 0 Å². The van der Waals surface area contributed by atoms with Gasteiger partial charge in [0.25, 0.3) is 11.5 Å². The zero-order chi connectivity index (χ0) is 18.0. The number of methoxy groups -OCH3 is 1. The molecular formula is C18H22N4O3. The smallest absolute Gasteiger partial charge is 0.268 e. The molecule has 0 aliphatic heterocycles. The lowest BCUT2D eigenvalue weighted by atomic mass is 10.3. The predicted octanol–water partition coefficient (Wildman–Crippen LogP) is 1.82. The Morgan fingerprint density at radius 1 is 1.36 bits per heavy atom. The predicted molar refractivity (Wildman–Crippen MR) is 96.1 cm³/mol. The molecule has 132 valence electrons. The molecule has 0 atom stereocenters. The molecule has 0 spiro atoms. The van der Waals surface area contributed by atoms with Crippen LogP contribution in [0.25, 0.3) is 16.7 Å². The molecule has 0 bridgehead atoms. The molecule has 1 amide bonds. The van der Waals surface area contributed by atoms with Gasteiger partial charge in [-0.15, -0.1) is 0 Å². The molecule has 0 aliphatic rings. The number of ether oxygens (including phenoxy) is 1. The fourth-order valence-electron chi connectivity index (χ4n) is 2.87. The summed E-state index contributed by atoms with van der Waals surface area (Å²) < 4.78 is 8.41. The molecule has 7 heteroatoms. The lowest BCUT2D eigenvalue weighted by Crippen LogP contribution is -2.31. The van der Waals surface area contributed by atoms with Gasteiger partial charge >= 0.3 is 0 Å². The van der Waals surface area contributed by atoms with E-state index in [1.807, 2.05) is 19.9 Å². The van der Waals surface area contributed by atoms with Crippen LogP contribution in [0.2, 0.25) is 0 Å². The van der Waals surface area contributed by atoms with Crippen LogP contribution in [0.1, 0.15) is 30.8 Å². The highest BCUT2D eigenvalue weighted by molar-refractivity contribution is 5.98. The van der Waals surface area contributed by atoms with E-state index in [1.54, 1.807) is 36.1 Å². The first kappa shape index (κ1) is 17.2. The van der Waals surface area contributed by atoms with Crippen molar-refractivity contribution in [1.82, 2.24) is 19.3 Å². The van der Waals surface area contributed by atoms with Gasteiger partial charge in [0.2, 0.25) is 0 Å². The monoisotopic (exact) mass is 342 g/mol. The highest BCUT2D eigenvalue weighted by atomic mass is 16.5. The number of aromatic nitrogens is 3. The summed E-state index contributed by atoms with van der Waals surface area (Å²) in [5, 5.41) is 3.32. The number of amides is 1. The molecule has 0 saturated carbocycles. The van der Waals surface area contributed by atoms with Gasteiger partial charge in [-0.1, -0.05) is 6.07 Å². The second-order valence-electron chi connectivity index (χ2n) is 6.24. The molecule has 3 heterocycles. The van der Waals surface area contributed by atoms with Crippen molar-refractivity contribution in [2.45, 2.75) is 32.9 Å². The number of rotatable bonds is 6. The van der Waals surface area contributed by atoms with Crippen LogP contribution in [0.5, 0.6) is 0 Å². The first-order valence-electron chi connectivity index (χ1n) is 8.33. The third-order valence-corrected chi connectivity index (χ3v) is 3.96. The molecule has 3 aromatic heterocycles. The van der Waals surface area contributed by atoms with Crippen LogP contribution in [0, 0.1) is 0 Å². The van der Waals surface area contributed by atoms with Crippen LogP contribution < -0.4 is 10.9 Å². The maximum absolute atomic E-state index is 12.8. The van der Waals surface area contributed by atoms with Crippen LogP contribution in [0.4, 0.5) is 0 Å². The van der Waals surface area contributed by atoms with Crippen molar-refractivity contribution in [3.63, 3.8) is 0 Å². The van der Waals surface area contributed by atoms with Gasteiger partial charge in [0, 0.05) is 32.5 Å². The summed E-state index contributed by atoms with van der Waals surface area (Å²) in [5.74, 6) is -0.209. The van der Waals surface area contributed by atoms with Crippen molar-refractivity contribution >= 4 is 22.6 Å². The summed E-state index contributed by atoms with van der Waals surface area (Å²) in [6, 6.07) is 7.03. The molecule has 25 heavy (non-hydrogen) atoms. The quantitative estimate of drug-likeness (QED) is 0.693. The maximum Gasteiger partial charge on any atom is 0.268 e. The number of carbonyl (C=O) groups is 1. The molecule has 3 rings (SSSR count). The van der Waals surface area contributed by atoms with E-state index in [1.165, 1.54) is 4.40 Å². The second-order valence-corrected chi connectivity index (χ2v) is 6.24. The van der Waals surface area contributed by atoms with Crippen molar-refractivity contribution in [3.8, 4) is 0 Å². The lowest BCUT2D eigenvalue weighted by Gasteiger charge is -2.12. The molecule has 7 nitrogen and oxygen atoms in total. The SMILES string of the molecule is COCCCn1c(C(=O)NC(C)C)cc2c(=O)n3ccccc3nc21. The summed E-state index contributed by atoms with van der Waals surface area (Å²) in [7, 11) is 1.64. The summed E-state index contributed by atoms with van der Waals surface area (Å²) in [6.45, 7) is 4.92. The highest BCUT2D eigenvalue weighted by Crippen LogP contribution is 2.17. The number of nitrogens with one attached hydrogen (secondary N) is 1. The van der Waals surface area contributed by atoms with Gasteiger partial charge in [0.05, 0.1) is 5.39 Å². The fraction of sp³-hybridized carbons (Fsp3) is 0.389. The maximum atomic E-state index is 12.8. The van der Waals surface area contributed by atoms with Crippen LogP contribution in [0.3, 0.4) is 0 Å². The number of hydrogen-bond acceptors (Lipinski definition) is 4. The van der Waals surface area contributed by atoms with Gasteiger partial charge in [-0.2, -0.15) is 0 Å². The Bertz CT molecular complexity index is 972. The van der Waals surface area contributed by atoms with E-state index in [-0.39, 0.29) is 17.5 Å². The Hall–Kier alpha value is -2.67. The highest BCUT2D eigenvalue weighted by Gasteiger charge is 2.19. The summed E-state index contributed by atoms with van der Waals surface area (Å²) in [4.78, 5) is 30.0. The summed E-state index contributed by atoms with van der Waals surface area (Å²) in [5.41, 5.74) is 1.35. The average Bonchev–Trinajstić information content (AvgIpc) is 2.94. The molecule has 0 fully saturated rings. The minimum Gasteiger partial charge on any atom is -0.385 e. The zero-order valence-electron chi connectivity index (χ0n) is 14.7. The number of fused-ring (bicyclic) bond motifs is 2. The number of pyridine rings is 1. The minimum absolute atomic E-state index is 0.00562. The van der Waals surface area contributed by atoms with Gasteiger partial charge in [-0.3, -0.25) is 14.0 Å². The average molecular weight is 342 g/mol. The molecule has 3 aromatic rings. The first-order chi connectivity index (χ1) is 12.0. The van der Waals surface area contributed by atoms with Crippen molar-refractivity contribution in [2.75, 3.05) is 13.7 Å². The van der Waals surface area contributed by atoms with E-state index in [2.05, 4.69) is 10.3 Å². The van der Waals surface area contributed by atoms with E-state index in [4.69, 9.17) is 4.74 Å². The van der Waals surface area contributed by atoms with E-state index in [0.717, 1.165) is 6.42 Å². The second kappa shape index (κ2) is 7.06. The number of aryl methyl sites for hydroxylation is 1. The van der Waals surface area contributed by atoms with Gasteiger partial charge in [0.1, 0.15) is 17.0 Å². The van der Waals surface area contributed by atoms with Crippen molar-refractivity contribution in [2.24, 2.45) is 0 Å². The van der Waals surface area contributed by atoms with Crippen LogP contribution in [-0.4, -0.2) is 39.6 Å². The molecule has 1 N–H and O–H groups in total. The van der Waals surface area contributed by atoms with E-state index in [0.29, 0.717) is 35.5 Å². The van der Waals surface area contributed by atoms with E-state index in [9.17, 15) is 9.59 Å². The molecule has 0 aliphatic carbocycles. The Kier molecular flexibility index (Phi) is 4.85. The van der Waals surface area contributed by atoms with Crippen molar-refractivity contribution in [1.29, 1.82) is 0 Å². The van der Waals surface area contributed by atoms with Gasteiger partial charge in [-0.25, -0.2) is 4.98 Å². The third-order valence-electron chi connectivity index (χ3n) is 3.96. The number of carbonyl (C=O) groups excluding carboxylic acids is 1. The Labute approximate surface area is 145 Å². The van der Waals surface area contributed by atoms with Gasteiger partial charge in [-0.05, 0) is 38.5 Å². The van der Waals surface area contributed by atoms with E-state index >= 15 is 0 Å². The van der Waals surface area contributed by atoms with Crippen molar-refractivity contribution < 1.29 is 9.53 Å². The number of nitrogens with zero attached hydrogens (tertiary/aromatic N) is 3. The van der Waals surface area contributed by atoms with Crippen LogP contribution >= 0.6 is 0 Å². The van der Waals surface area contributed by atoms with Crippen LogP contribution in [0.15, 0.2) is 35.3 Å². The number of hydrogen-bond donors (Lipinski definition) is 1. The third kappa shape index (κ3) is 3.28.